The summed E-state index contributed by atoms with van der Waals surface area (Å²) in [5.41, 5.74) is -2.55. The number of amides is 1. The van der Waals surface area contributed by atoms with Gasteiger partial charge in [-0.3, -0.25) is 19.6 Å². The van der Waals surface area contributed by atoms with Gasteiger partial charge in [0.25, 0.3) is 11.5 Å². The van der Waals surface area contributed by atoms with Gasteiger partial charge in [-0.15, -0.1) is 0 Å². The maximum Gasteiger partial charge on any atom is 0.327 e. The van der Waals surface area contributed by atoms with Crippen LogP contribution in [-0.4, -0.2) is 21.5 Å². The van der Waals surface area contributed by atoms with Crippen LogP contribution in [0.25, 0.3) is 0 Å². The lowest BCUT2D eigenvalue weighted by atomic mass is 10.1. The second-order valence-corrected chi connectivity index (χ2v) is 5.46. The molecule has 0 spiro atoms. The lowest BCUT2D eigenvalue weighted by Crippen LogP contribution is -2.43. The van der Waals surface area contributed by atoms with Crippen LogP contribution in [0, 0.1) is 0 Å². The summed E-state index contributed by atoms with van der Waals surface area (Å²) in [6.07, 6.45) is 0. The second-order valence-electron chi connectivity index (χ2n) is 5.02. The minimum Gasteiger partial charge on any atom is -0.478 e. The lowest BCUT2D eigenvalue weighted by Gasteiger charge is -2.25. The van der Waals surface area contributed by atoms with Crippen LogP contribution >= 0.6 is 11.6 Å². The van der Waals surface area contributed by atoms with Crippen LogP contribution in [0.5, 0.6) is 5.75 Å². The zero-order valence-corrected chi connectivity index (χ0v) is 12.7. The van der Waals surface area contributed by atoms with Crippen LogP contribution in [-0.2, 0) is 4.79 Å². The van der Waals surface area contributed by atoms with Crippen molar-refractivity contribution < 1.29 is 9.53 Å². The molecule has 22 heavy (non-hydrogen) atoms. The van der Waals surface area contributed by atoms with E-state index in [0.29, 0.717) is 10.8 Å². The van der Waals surface area contributed by atoms with Gasteiger partial charge in [0.1, 0.15) is 11.6 Å². The number of H-pyrrole nitrogens is 2. The molecule has 0 fully saturated rings. The summed E-state index contributed by atoms with van der Waals surface area (Å²) >= 11 is 5.78. The Morgan fingerprint density at radius 3 is 2.41 bits per heavy atom. The lowest BCUT2D eigenvalue weighted by molar-refractivity contribution is -0.128. The fraction of sp³-hybridized carbons (Fsp3) is 0.214. The highest BCUT2D eigenvalue weighted by atomic mass is 35.5. The number of carbonyl (C=O) groups is 1. The number of halogens is 1. The zero-order chi connectivity index (χ0) is 16.3. The van der Waals surface area contributed by atoms with Gasteiger partial charge in [0, 0.05) is 11.1 Å². The molecule has 8 heteroatoms. The van der Waals surface area contributed by atoms with Crippen LogP contribution in [0.1, 0.15) is 13.8 Å². The Morgan fingerprint density at radius 1 is 1.18 bits per heavy atom. The van der Waals surface area contributed by atoms with Gasteiger partial charge in [0.05, 0.1) is 0 Å². The Balaban J connectivity index is 2.14. The molecule has 1 aromatic heterocycles. The molecule has 0 bridgehead atoms. The fourth-order valence-corrected chi connectivity index (χ4v) is 1.78. The summed E-state index contributed by atoms with van der Waals surface area (Å²) in [7, 11) is 0. The molecule has 0 atom stereocenters. The molecule has 0 radical (unpaired) electrons. The van der Waals surface area contributed by atoms with E-state index in [1.54, 1.807) is 38.1 Å². The van der Waals surface area contributed by atoms with E-state index in [1.807, 2.05) is 4.98 Å². The first-order chi connectivity index (χ1) is 10.3. The Labute approximate surface area is 130 Å². The molecular formula is C14H14ClN3O4. The highest BCUT2D eigenvalue weighted by Crippen LogP contribution is 2.21. The maximum absolute atomic E-state index is 12.2. The normalized spacial score (nSPS) is 11.0. The van der Waals surface area contributed by atoms with Crippen LogP contribution in [0.4, 0.5) is 5.82 Å². The number of hydrogen-bond acceptors (Lipinski definition) is 4. The van der Waals surface area contributed by atoms with Gasteiger partial charge in [0.2, 0.25) is 0 Å². The van der Waals surface area contributed by atoms with Crippen LogP contribution in [0.2, 0.25) is 5.02 Å². The predicted molar refractivity (Wildman–Crippen MR) is 82.5 cm³/mol. The molecule has 0 aliphatic carbocycles. The van der Waals surface area contributed by atoms with Crippen molar-refractivity contribution in [1.29, 1.82) is 0 Å². The number of ether oxygens (including phenoxy) is 1. The molecule has 2 aromatic rings. The van der Waals surface area contributed by atoms with E-state index in [2.05, 4.69) is 10.3 Å². The molecule has 1 heterocycles. The van der Waals surface area contributed by atoms with Gasteiger partial charge >= 0.3 is 5.69 Å². The molecule has 3 N–H and O–H groups in total. The number of nitrogens with one attached hydrogen (secondary N) is 3. The van der Waals surface area contributed by atoms with Crippen molar-refractivity contribution in [2.75, 3.05) is 5.32 Å². The molecule has 1 aromatic carbocycles. The molecule has 7 nitrogen and oxygen atoms in total. The number of anilines is 1. The minimum absolute atomic E-state index is 0.00784. The van der Waals surface area contributed by atoms with E-state index in [1.165, 1.54) is 0 Å². The van der Waals surface area contributed by atoms with Crippen molar-refractivity contribution in [3.05, 3.63) is 56.2 Å². The van der Waals surface area contributed by atoms with Gasteiger partial charge in [-0.2, -0.15) is 0 Å². The Kier molecular flexibility index (Phi) is 4.37. The average molecular weight is 324 g/mol. The smallest absolute Gasteiger partial charge is 0.327 e. The van der Waals surface area contributed by atoms with Gasteiger partial charge in [-0.25, -0.2) is 4.79 Å². The first-order valence-corrected chi connectivity index (χ1v) is 6.74. The van der Waals surface area contributed by atoms with Crippen LogP contribution in [0.3, 0.4) is 0 Å². The zero-order valence-electron chi connectivity index (χ0n) is 11.9. The number of rotatable bonds is 4. The van der Waals surface area contributed by atoms with E-state index in [4.69, 9.17) is 16.3 Å². The van der Waals surface area contributed by atoms with Crippen molar-refractivity contribution >= 4 is 23.3 Å². The molecule has 0 aliphatic rings. The molecule has 0 unspecified atom stereocenters. The largest absolute Gasteiger partial charge is 0.478 e. The number of hydrogen-bond donors (Lipinski definition) is 3. The SMILES string of the molecule is CC(C)(Oc1ccc(Cl)cc1)C(=O)Nc1cc(=O)[nH]c(=O)[nH]1. The third-order valence-corrected chi connectivity index (χ3v) is 2.99. The topological polar surface area (TPSA) is 104 Å². The molecule has 116 valence electrons. The number of aromatic nitrogens is 2. The summed E-state index contributed by atoms with van der Waals surface area (Å²) in [5, 5.41) is 2.98. The molecular weight excluding hydrogens is 310 g/mol. The Bertz CT molecular complexity index is 764. The monoisotopic (exact) mass is 323 g/mol. The first kappa shape index (κ1) is 15.8. The maximum atomic E-state index is 12.2. The second kappa shape index (κ2) is 6.07. The molecule has 0 saturated carbocycles. The first-order valence-electron chi connectivity index (χ1n) is 6.36. The standard InChI is InChI=1S/C14H14ClN3O4/c1-14(2,22-9-5-3-8(15)4-6-9)12(20)16-10-7-11(19)18-13(21)17-10/h3-7H,1-2H3,(H3,16,17,18,19,20,21). The predicted octanol–water partition coefficient (Wildman–Crippen LogP) is 1.51. The van der Waals surface area contributed by atoms with E-state index in [0.717, 1.165) is 6.07 Å². The molecule has 0 aliphatic heterocycles. The quantitative estimate of drug-likeness (QED) is 0.793. The van der Waals surface area contributed by atoms with E-state index >= 15 is 0 Å². The number of aromatic amines is 2. The Hall–Kier alpha value is -2.54. The summed E-state index contributed by atoms with van der Waals surface area (Å²) < 4.78 is 5.60. The van der Waals surface area contributed by atoms with Crippen molar-refractivity contribution in [3.8, 4) is 5.75 Å². The molecule has 1 amide bonds. The van der Waals surface area contributed by atoms with Gasteiger partial charge in [-0.05, 0) is 38.1 Å². The third-order valence-electron chi connectivity index (χ3n) is 2.74. The number of carbonyl (C=O) groups excluding carboxylic acids is 1. The van der Waals surface area contributed by atoms with E-state index in [-0.39, 0.29) is 5.82 Å². The highest BCUT2D eigenvalue weighted by Gasteiger charge is 2.30. The average Bonchev–Trinajstić information content (AvgIpc) is 2.40. The Morgan fingerprint density at radius 2 is 1.82 bits per heavy atom. The summed E-state index contributed by atoms with van der Waals surface area (Å²) in [5.74, 6) is -0.0702. The van der Waals surface area contributed by atoms with Crippen LogP contribution in [0.15, 0.2) is 39.9 Å². The van der Waals surface area contributed by atoms with Gasteiger partial charge < -0.3 is 10.1 Å². The molecule has 0 saturated heterocycles. The van der Waals surface area contributed by atoms with Crippen molar-refractivity contribution in [3.63, 3.8) is 0 Å². The summed E-state index contributed by atoms with van der Waals surface area (Å²) in [4.78, 5) is 38.9. The number of benzene rings is 1. The molecule has 2 rings (SSSR count). The van der Waals surface area contributed by atoms with Crippen molar-refractivity contribution in [2.45, 2.75) is 19.4 Å². The minimum atomic E-state index is -1.23. The van der Waals surface area contributed by atoms with Crippen LogP contribution < -0.4 is 21.3 Å². The summed E-state index contributed by atoms with van der Waals surface area (Å²) in [6.45, 7) is 3.12. The van der Waals surface area contributed by atoms with Crippen molar-refractivity contribution in [1.82, 2.24) is 9.97 Å². The summed E-state index contributed by atoms with van der Waals surface area (Å²) in [6, 6.07) is 7.61. The van der Waals surface area contributed by atoms with Gasteiger partial charge in [-0.1, -0.05) is 11.6 Å². The fourth-order valence-electron chi connectivity index (χ4n) is 1.65. The van der Waals surface area contributed by atoms with E-state index < -0.39 is 22.8 Å². The van der Waals surface area contributed by atoms with Crippen molar-refractivity contribution in [2.24, 2.45) is 0 Å². The third kappa shape index (κ3) is 3.98. The van der Waals surface area contributed by atoms with Gasteiger partial charge in [0.15, 0.2) is 5.60 Å². The van der Waals surface area contributed by atoms with E-state index in [9.17, 15) is 14.4 Å². The highest BCUT2D eigenvalue weighted by molar-refractivity contribution is 6.30.